The van der Waals surface area contributed by atoms with Crippen LogP contribution in [0.3, 0.4) is 0 Å². The van der Waals surface area contributed by atoms with Crippen LogP contribution in [-0.2, 0) is 31.7 Å². The molecule has 1 unspecified atom stereocenters. The number of amides is 1. The van der Waals surface area contributed by atoms with E-state index >= 15 is 0 Å². The highest BCUT2D eigenvalue weighted by atomic mass is 32.2. The SMILES string of the molecule is COS(=O)NCC(=O)Nc1ccc(COO)cc1. The molecule has 8 heteroatoms. The molecule has 0 radical (unpaired) electrons. The molecule has 1 rings (SSSR count). The summed E-state index contributed by atoms with van der Waals surface area (Å²) in [6.45, 7) is -0.0371. The van der Waals surface area contributed by atoms with Gasteiger partial charge in [-0.2, -0.15) is 0 Å². The first-order valence-corrected chi connectivity index (χ1v) is 6.08. The van der Waals surface area contributed by atoms with Gasteiger partial charge in [0.25, 0.3) is 0 Å². The Morgan fingerprint density at radius 3 is 2.61 bits per heavy atom. The van der Waals surface area contributed by atoms with Gasteiger partial charge in [-0.05, 0) is 17.7 Å². The number of nitrogens with one attached hydrogen (secondary N) is 2. The van der Waals surface area contributed by atoms with Crippen molar-refractivity contribution < 1.29 is 23.3 Å². The molecule has 0 spiro atoms. The highest BCUT2D eigenvalue weighted by molar-refractivity contribution is 7.78. The zero-order valence-corrected chi connectivity index (χ0v) is 10.5. The molecule has 18 heavy (non-hydrogen) atoms. The van der Waals surface area contributed by atoms with Gasteiger partial charge in [0, 0.05) is 5.69 Å². The third kappa shape index (κ3) is 5.34. The zero-order chi connectivity index (χ0) is 13.4. The quantitative estimate of drug-likeness (QED) is 0.495. The van der Waals surface area contributed by atoms with Crippen molar-refractivity contribution in [1.82, 2.24) is 4.72 Å². The van der Waals surface area contributed by atoms with E-state index < -0.39 is 11.3 Å². The number of rotatable bonds is 7. The van der Waals surface area contributed by atoms with Gasteiger partial charge in [0.15, 0.2) is 0 Å². The van der Waals surface area contributed by atoms with Crippen molar-refractivity contribution in [2.24, 2.45) is 0 Å². The summed E-state index contributed by atoms with van der Waals surface area (Å²) >= 11 is -1.67. The molecule has 0 aliphatic carbocycles. The van der Waals surface area contributed by atoms with Gasteiger partial charge in [0.1, 0.15) is 6.61 Å². The van der Waals surface area contributed by atoms with Crippen LogP contribution in [0.5, 0.6) is 0 Å². The molecule has 1 atom stereocenters. The van der Waals surface area contributed by atoms with Crippen molar-refractivity contribution in [3.05, 3.63) is 29.8 Å². The van der Waals surface area contributed by atoms with Crippen LogP contribution < -0.4 is 10.0 Å². The van der Waals surface area contributed by atoms with Crippen molar-refractivity contribution in [3.8, 4) is 0 Å². The lowest BCUT2D eigenvalue weighted by Gasteiger charge is -2.06. The monoisotopic (exact) mass is 274 g/mol. The lowest BCUT2D eigenvalue weighted by Crippen LogP contribution is -2.29. The smallest absolute Gasteiger partial charge is 0.239 e. The number of carbonyl (C=O) groups is 1. The molecule has 0 aromatic heterocycles. The van der Waals surface area contributed by atoms with Crippen molar-refractivity contribution >= 4 is 22.9 Å². The van der Waals surface area contributed by atoms with Gasteiger partial charge in [0.2, 0.25) is 17.2 Å². The van der Waals surface area contributed by atoms with Crippen LogP contribution in [0.25, 0.3) is 0 Å². The minimum absolute atomic E-state index is 0.0859. The first-order chi connectivity index (χ1) is 8.65. The van der Waals surface area contributed by atoms with Crippen LogP contribution in [0, 0.1) is 0 Å². The summed E-state index contributed by atoms with van der Waals surface area (Å²) in [7, 11) is 1.27. The van der Waals surface area contributed by atoms with Gasteiger partial charge in [-0.15, -0.1) is 0 Å². The Morgan fingerprint density at radius 2 is 2.06 bits per heavy atom. The molecule has 0 fully saturated rings. The molecule has 100 valence electrons. The molecule has 1 aromatic carbocycles. The fourth-order valence-corrected chi connectivity index (χ4v) is 1.51. The van der Waals surface area contributed by atoms with Crippen molar-refractivity contribution in [3.63, 3.8) is 0 Å². The van der Waals surface area contributed by atoms with Crippen LogP contribution in [-0.4, -0.2) is 29.0 Å². The molecular formula is C10H14N2O5S. The van der Waals surface area contributed by atoms with Crippen LogP contribution >= 0.6 is 0 Å². The van der Waals surface area contributed by atoms with E-state index in [9.17, 15) is 9.00 Å². The minimum Gasteiger partial charge on any atom is -0.325 e. The number of anilines is 1. The second-order valence-electron chi connectivity index (χ2n) is 3.24. The minimum atomic E-state index is -1.67. The fourth-order valence-electron chi connectivity index (χ4n) is 1.15. The topological polar surface area (TPSA) is 96.9 Å². The Labute approximate surface area is 107 Å². The van der Waals surface area contributed by atoms with Gasteiger partial charge < -0.3 is 5.32 Å². The summed E-state index contributed by atoms with van der Waals surface area (Å²) in [4.78, 5) is 15.4. The lowest BCUT2D eigenvalue weighted by molar-refractivity contribution is -0.253. The van der Waals surface area contributed by atoms with E-state index in [2.05, 4.69) is 19.1 Å². The van der Waals surface area contributed by atoms with Crippen LogP contribution in [0.4, 0.5) is 5.69 Å². The van der Waals surface area contributed by atoms with Gasteiger partial charge in [-0.25, -0.2) is 13.8 Å². The van der Waals surface area contributed by atoms with Crippen molar-refractivity contribution in [1.29, 1.82) is 0 Å². The maximum absolute atomic E-state index is 11.4. The molecule has 0 bridgehead atoms. The molecular weight excluding hydrogens is 260 g/mol. The van der Waals surface area contributed by atoms with Gasteiger partial charge in [-0.1, -0.05) is 12.1 Å². The summed E-state index contributed by atoms with van der Waals surface area (Å²) in [6.07, 6.45) is 0. The van der Waals surface area contributed by atoms with E-state index in [-0.39, 0.29) is 19.1 Å². The highest BCUT2D eigenvalue weighted by Gasteiger charge is 2.04. The second kappa shape index (κ2) is 7.90. The third-order valence-corrected chi connectivity index (χ3v) is 2.65. The Balaban J connectivity index is 2.42. The molecule has 0 heterocycles. The second-order valence-corrected chi connectivity index (χ2v) is 4.33. The van der Waals surface area contributed by atoms with Crippen LogP contribution in [0.2, 0.25) is 0 Å². The maximum atomic E-state index is 11.4. The molecule has 7 nitrogen and oxygen atoms in total. The van der Waals surface area contributed by atoms with Crippen molar-refractivity contribution in [2.75, 3.05) is 19.0 Å². The predicted molar refractivity (Wildman–Crippen MR) is 65.6 cm³/mol. The lowest BCUT2D eigenvalue weighted by atomic mass is 10.2. The number of carbonyl (C=O) groups excluding carboxylic acids is 1. The van der Waals surface area contributed by atoms with E-state index in [0.29, 0.717) is 5.69 Å². The summed E-state index contributed by atoms with van der Waals surface area (Å²) in [5.41, 5.74) is 1.36. The fraction of sp³-hybridized carbons (Fsp3) is 0.300. The molecule has 0 saturated carbocycles. The first-order valence-electron chi connectivity index (χ1n) is 5.00. The molecule has 1 amide bonds. The molecule has 3 N–H and O–H groups in total. The molecule has 0 aliphatic heterocycles. The summed E-state index contributed by atoms with van der Waals surface area (Å²) in [5, 5.41) is 10.9. The van der Waals surface area contributed by atoms with Crippen LogP contribution in [0.15, 0.2) is 24.3 Å². The first kappa shape index (κ1) is 14.7. The molecule has 0 aliphatic rings. The Kier molecular flexibility index (Phi) is 6.47. The maximum Gasteiger partial charge on any atom is 0.239 e. The van der Waals surface area contributed by atoms with E-state index in [1.54, 1.807) is 24.3 Å². The Morgan fingerprint density at radius 1 is 1.39 bits per heavy atom. The van der Waals surface area contributed by atoms with E-state index in [4.69, 9.17) is 5.26 Å². The average molecular weight is 274 g/mol. The molecule has 1 aromatic rings. The van der Waals surface area contributed by atoms with Gasteiger partial charge in [-0.3, -0.25) is 14.2 Å². The van der Waals surface area contributed by atoms with Crippen molar-refractivity contribution in [2.45, 2.75) is 6.61 Å². The van der Waals surface area contributed by atoms with E-state index in [1.807, 2.05) is 0 Å². The standard InChI is InChI=1S/C10H14N2O5S/c1-16-18(15)11-6-10(13)12-9-4-2-8(3-5-9)7-17-14/h2-5,11,14H,6-7H2,1H3,(H,12,13). The van der Waals surface area contributed by atoms with E-state index in [0.717, 1.165) is 5.56 Å². The largest absolute Gasteiger partial charge is 0.325 e. The highest BCUT2D eigenvalue weighted by Crippen LogP contribution is 2.09. The number of benzene rings is 1. The summed E-state index contributed by atoms with van der Waals surface area (Å²) < 4.78 is 17.7. The average Bonchev–Trinajstić information content (AvgIpc) is 2.38. The summed E-state index contributed by atoms with van der Waals surface area (Å²) in [5.74, 6) is -0.341. The third-order valence-electron chi connectivity index (χ3n) is 1.97. The zero-order valence-electron chi connectivity index (χ0n) is 9.71. The van der Waals surface area contributed by atoms with Gasteiger partial charge >= 0.3 is 0 Å². The Bertz CT molecular complexity index is 409. The predicted octanol–water partition coefficient (Wildman–Crippen LogP) is 0.429. The number of hydrogen-bond acceptors (Lipinski definition) is 5. The normalized spacial score (nSPS) is 12.1. The summed E-state index contributed by atoms with van der Waals surface area (Å²) in [6, 6.07) is 6.73. The number of hydrogen-bond donors (Lipinski definition) is 3. The van der Waals surface area contributed by atoms with Gasteiger partial charge in [0.05, 0.1) is 13.7 Å². The Hall–Kier alpha value is -1.32. The van der Waals surface area contributed by atoms with Crippen LogP contribution in [0.1, 0.15) is 5.56 Å². The van der Waals surface area contributed by atoms with E-state index in [1.165, 1.54) is 7.11 Å². The molecule has 0 saturated heterocycles.